The van der Waals surface area contributed by atoms with Crippen LogP contribution >= 0.6 is 15.9 Å². The molecule has 0 bridgehead atoms. The highest BCUT2D eigenvalue weighted by atomic mass is 79.9. The molecule has 3 nitrogen and oxygen atoms in total. The average molecular weight is 335 g/mol. The zero-order chi connectivity index (χ0) is 13.9. The van der Waals surface area contributed by atoms with E-state index in [1.54, 1.807) is 0 Å². The van der Waals surface area contributed by atoms with Crippen molar-refractivity contribution in [3.63, 3.8) is 0 Å². The Morgan fingerprint density at radius 1 is 1.40 bits per heavy atom. The van der Waals surface area contributed by atoms with Crippen molar-refractivity contribution in [3.05, 3.63) is 33.4 Å². The first-order chi connectivity index (χ1) is 9.66. The Morgan fingerprint density at radius 3 is 2.85 bits per heavy atom. The molecule has 2 aliphatic rings. The minimum absolute atomic E-state index is 0.0393. The molecule has 1 saturated heterocycles. The van der Waals surface area contributed by atoms with Gasteiger partial charge in [0, 0.05) is 28.6 Å². The summed E-state index contributed by atoms with van der Waals surface area (Å²) in [5.74, 6) is 0. The van der Waals surface area contributed by atoms with Crippen molar-refractivity contribution in [1.29, 1.82) is 0 Å². The molecule has 4 heteroatoms. The molecule has 0 spiro atoms. The topological polar surface area (TPSA) is 40.2 Å². The molecule has 1 fully saturated rings. The zero-order valence-electron chi connectivity index (χ0n) is 11.7. The van der Waals surface area contributed by atoms with Crippen molar-refractivity contribution in [2.24, 2.45) is 5.73 Å². The van der Waals surface area contributed by atoms with E-state index in [1.807, 2.05) is 0 Å². The summed E-state index contributed by atoms with van der Waals surface area (Å²) in [7, 11) is 0. The van der Waals surface area contributed by atoms with Crippen molar-refractivity contribution < 1.29 is 4.74 Å². The highest BCUT2D eigenvalue weighted by Crippen LogP contribution is 2.40. The van der Waals surface area contributed by atoms with Gasteiger partial charge in [0.1, 0.15) is 0 Å². The number of benzene rings is 1. The predicted octanol–water partition coefficient (Wildman–Crippen LogP) is 2.89. The van der Waals surface area contributed by atoms with E-state index < -0.39 is 0 Å². The molecule has 3 heterocycles. The van der Waals surface area contributed by atoms with E-state index in [0.29, 0.717) is 6.54 Å². The van der Waals surface area contributed by atoms with Crippen LogP contribution in [0.3, 0.4) is 0 Å². The summed E-state index contributed by atoms with van der Waals surface area (Å²) in [6, 6.07) is 4.70. The van der Waals surface area contributed by atoms with Gasteiger partial charge in [-0.3, -0.25) is 0 Å². The molecular weight excluding hydrogens is 316 g/mol. The summed E-state index contributed by atoms with van der Waals surface area (Å²) in [5, 5.41) is 1.34. The number of ether oxygens (including phenoxy) is 1. The molecule has 2 N–H and O–H groups in total. The van der Waals surface area contributed by atoms with Gasteiger partial charge < -0.3 is 15.0 Å². The number of nitrogens with two attached hydrogens (primary N) is 1. The number of hydrogen-bond acceptors (Lipinski definition) is 2. The van der Waals surface area contributed by atoms with Crippen molar-refractivity contribution in [2.75, 3.05) is 19.8 Å². The molecule has 0 saturated carbocycles. The van der Waals surface area contributed by atoms with Gasteiger partial charge in [-0.25, -0.2) is 0 Å². The standard InChI is InChI=1S/C16H19BrN2O/c1-10-14(17)13-6-12(16(7-18)8-20-9-16)5-11-3-2-4-19(10)15(11)13/h5-6H,2-4,7-9,18H2,1H3. The Balaban J connectivity index is 2.01. The van der Waals surface area contributed by atoms with Crippen LogP contribution in [0.25, 0.3) is 10.9 Å². The predicted molar refractivity (Wildman–Crippen MR) is 84.2 cm³/mol. The lowest BCUT2D eigenvalue weighted by Crippen LogP contribution is -2.52. The van der Waals surface area contributed by atoms with Gasteiger partial charge in [0.2, 0.25) is 0 Å². The molecular formula is C16H19BrN2O. The Labute approximate surface area is 127 Å². The third kappa shape index (κ3) is 1.53. The van der Waals surface area contributed by atoms with Gasteiger partial charge in [-0.15, -0.1) is 0 Å². The number of nitrogens with zero attached hydrogens (tertiary/aromatic N) is 1. The molecule has 0 atom stereocenters. The smallest absolute Gasteiger partial charge is 0.0597 e. The van der Waals surface area contributed by atoms with E-state index in [9.17, 15) is 0 Å². The normalized spacial score (nSPS) is 20.1. The van der Waals surface area contributed by atoms with E-state index >= 15 is 0 Å². The summed E-state index contributed by atoms with van der Waals surface area (Å²) in [5.41, 5.74) is 11.6. The molecule has 4 rings (SSSR count). The number of hydrogen-bond donors (Lipinski definition) is 1. The number of halogens is 1. The lowest BCUT2D eigenvalue weighted by molar-refractivity contribution is -0.0550. The van der Waals surface area contributed by atoms with Gasteiger partial charge in [0.15, 0.2) is 0 Å². The number of rotatable bonds is 2. The summed E-state index contributed by atoms with van der Waals surface area (Å²) < 4.78 is 9.14. The van der Waals surface area contributed by atoms with Crippen LogP contribution in [0.1, 0.15) is 23.2 Å². The second-order valence-electron chi connectivity index (χ2n) is 6.16. The maximum atomic E-state index is 6.03. The monoisotopic (exact) mass is 334 g/mol. The Morgan fingerprint density at radius 2 is 2.20 bits per heavy atom. The molecule has 0 unspecified atom stereocenters. The van der Waals surface area contributed by atoms with E-state index in [0.717, 1.165) is 19.8 Å². The molecule has 2 aromatic rings. The third-order valence-corrected chi connectivity index (χ3v) is 6.01. The lowest BCUT2D eigenvalue weighted by atomic mass is 9.77. The Kier molecular flexibility index (Phi) is 2.78. The third-order valence-electron chi connectivity index (χ3n) is 5.01. The van der Waals surface area contributed by atoms with Gasteiger partial charge in [-0.05, 0) is 52.9 Å². The van der Waals surface area contributed by atoms with E-state index in [2.05, 4.69) is 39.6 Å². The summed E-state index contributed by atoms with van der Waals surface area (Å²) in [6.07, 6.45) is 2.39. The minimum Gasteiger partial charge on any atom is -0.379 e. The molecule has 20 heavy (non-hydrogen) atoms. The fraction of sp³-hybridized carbons (Fsp3) is 0.500. The first-order valence-electron chi connectivity index (χ1n) is 7.26. The van der Waals surface area contributed by atoms with Gasteiger partial charge in [0.25, 0.3) is 0 Å². The van der Waals surface area contributed by atoms with Crippen LogP contribution in [-0.4, -0.2) is 24.3 Å². The molecule has 1 aromatic carbocycles. The number of aromatic nitrogens is 1. The van der Waals surface area contributed by atoms with Gasteiger partial charge >= 0.3 is 0 Å². The van der Waals surface area contributed by atoms with Crippen molar-refractivity contribution >= 4 is 26.8 Å². The largest absolute Gasteiger partial charge is 0.379 e. The highest BCUT2D eigenvalue weighted by Gasteiger charge is 2.40. The van der Waals surface area contributed by atoms with Crippen LogP contribution in [0, 0.1) is 6.92 Å². The molecule has 0 amide bonds. The second kappa shape index (κ2) is 4.33. The van der Waals surface area contributed by atoms with Gasteiger partial charge in [0.05, 0.1) is 24.1 Å². The molecule has 0 radical (unpaired) electrons. The van der Waals surface area contributed by atoms with Crippen molar-refractivity contribution in [3.8, 4) is 0 Å². The van der Waals surface area contributed by atoms with Crippen LogP contribution in [0.5, 0.6) is 0 Å². The highest BCUT2D eigenvalue weighted by molar-refractivity contribution is 9.10. The SMILES string of the molecule is Cc1c(Br)c2cc(C3(CN)COC3)cc3c2n1CCC3. The Bertz CT molecular complexity index is 695. The van der Waals surface area contributed by atoms with Crippen LogP contribution in [0.4, 0.5) is 0 Å². The summed E-state index contributed by atoms with van der Waals surface area (Å²) in [4.78, 5) is 0. The summed E-state index contributed by atoms with van der Waals surface area (Å²) >= 11 is 3.78. The van der Waals surface area contributed by atoms with Crippen LogP contribution in [0.15, 0.2) is 16.6 Å². The maximum Gasteiger partial charge on any atom is 0.0597 e. The van der Waals surface area contributed by atoms with E-state index in [-0.39, 0.29) is 5.41 Å². The second-order valence-corrected chi connectivity index (χ2v) is 6.96. The lowest BCUT2D eigenvalue weighted by Gasteiger charge is -2.41. The van der Waals surface area contributed by atoms with Crippen LogP contribution < -0.4 is 5.73 Å². The molecule has 2 aliphatic heterocycles. The van der Waals surface area contributed by atoms with Gasteiger partial charge in [-0.2, -0.15) is 0 Å². The molecule has 1 aromatic heterocycles. The minimum atomic E-state index is 0.0393. The average Bonchev–Trinajstić information content (AvgIpc) is 2.66. The fourth-order valence-electron chi connectivity index (χ4n) is 3.62. The quantitative estimate of drug-likeness (QED) is 0.917. The summed E-state index contributed by atoms with van der Waals surface area (Å²) in [6.45, 7) is 5.50. The maximum absolute atomic E-state index is 6.03. The Hall–Kier alpha value is -0.840. The van der Waals surface area contributed by atoms with Crippen molar-refractivity contribution in [2.45, 2.75) is 31.7 Å². The van der Waals surface area contributed by atoms with E-state index in [1.165, 1.54) is 45.0 Å². The van der Waals surface area contributed by atoms with Crippen LogP contribution in [-0.2, 0) is 23.1 Å². The van der Waals surface area contributed by atoms with Crippen molar-refractivity contribution in [1.82, 2.24) is 4.57 Å². The number of aryl methyl sites for hydroxylation is 2. The first-order valence-corrected chi connectivity index (χ1v) is 8.05. The molecule has 106 valence electrons. The zero-order valence-corrected chi connectivity index (χ0v) is 13.3. The fourth-order valence-corrected chi connectivity index (χ4v) is 4.13. The van der Waals surface area contributed by atoms with Crippen LogP contribution in [0.2, 0.25) is 0 Å². The van der Waals surface area contributed by atoms with E-state index in [4.69, 9.17) is 10.5 Å². The molecule has 0 aliphatic carbocycles. The first kappa shape index (κ1) is 12.9. The van der Waals surface area contributed by atoms with Gasteiger partial charge in [-0.1, -0.05) is 6.07 Å².